The minimum atomic E-state index is 0.788. The highest BCUT2D eigenvalue weighted by atomic mass is 79.9. The first kappa shape index (κ1) is 10.2. The van der Waals surface area contributed by atoms with Gasteiger partial charge in [0.25, 0.3) is 0 Å². The van der Waals surface area contributed by atoms with Gasteiger partial charge >= 0.3 is 0 Å². The number of thioether (sulfide) groups is 1. The maximum absolute atomic E-state index is 5.98. The molecule has 0 radical (unpaired) electrons. The van der Waals surface area contributed by atoms with E-state index in [2.05, 4.69) is 22.5 Å². The number of benzene rings is 1. The molecule has 0 aliphatic heterocycles. The molecule has 0 aliphatic rings. The molecule has 1 aromatic carbocycles. The third kappa shape index (κ3) is 2.54. The predicted molar refractivity (Wildman–Crippen MR) is 60.1 cm³/mol. The quantitative estimate of drug-likeness (QED) is 0.576. The van der Waals surface area contributed by atoms with Crippen LogP contribution in [0.1, 0.15) is 0 Å². The van der Waals surface area contributed by atoms with E-state index < -0.39 is 0 Å². The summed E-state index contributed by atoms with van der Waals surface area (Å²) in [4.78, 5) is 1.08. The molecule has 0 saturated heterocycles. The standard InChI is InChI=1S/C9H8BrClS/c1-2-6-12-9-7(10)4-3-5-8(9)11/h2-5H,1,6H2. The summed E-state index contributed by atoms with van der Waals surface area (Å²) in [7, 11) is 0. The summed E-state index contributed by atoms with van der Waals surface area (Å²) >= 11 is 11.1. The molecule has 3 heteroatoms. The zero-order chi connectivity index (χ0) is 8.97. The van der Waals surface area contributed by atoms with E-state index in [-0.39, 0.29) is 0 Å². The van der Waals surface area contributed by atoms with Crippen LogP contribution in [0.3, 0.4) is 0 Å². The van der Waals surface area contributed by atoms with Crippen LogP contribution >= 0.6 is 39.3 Å². The Kier molecular flexibility index (Phi) is 4.19. The molecule has 0 saturated carbocycles. The van der Waals surface area contributed by atoms with Gasteiger partial charge in [-0.25, -0.2) is 0 Å². The second-order valence-electron chi connectivity index (χ2n) is 2.15. The third-order valence-electron chi connectivity index (χ3n) is 1.26. The lowest BCUT2D eigenvalue weighted by Crippen LogP contribution is -1.77. The number of halogens is 2. The average Bonchev–Trinajstić information content (AvgIpc) is 2.04. The first-order valence-corrected chi connectivity index (χ1v) is 5.59. The molecule has 12 heavy (non-hydrogen) atoms. The Morgan fingerprint density at radius 2 is 2.33 bits per heavy atom. The monoisotopic (exact) mass is 262 g/mol. The zero-order valence-corrected chi connectivity index (χ0v) is 9.55. The summed E-state index contributed by atoms with van der Waals surface area (Å²) in [5, 5.41) is 0.788. The molecule has 1 rings (SSSR count). The Labute approximate surface area is 90.1 Å². The van der Waals surface area contributed by atoms with E-state index in [9.17, 15) is 0 Å². The Balaban J connectivity index is 2.88. The van der Waals surface area contributed by atoms with Crippen molar-refractivity contribution in [2.24, 2.45) is 0 Å². The molecule has 0 spiro atoms. The molecule has 0 atom stereocenters. The molecule has 0 aliphatic carbocycles. The largest absolute Gasteiger partial charge is 0.119 e. The average molecular weight is 264 g/mol. The Hall–Kier alpha value is 0.0800. The Morgan fingerprint density at radius 3 is 2.92 bits per heavy atom. The highest BCUT2D eigenvalue weighted by Crippen LogP contribution is 2.33. The van der Waals surface area contributed by atoms with Gasteiger partial charge in [-0.2, -0.15) is 0 Å². The maximum atomic E-state index is 5.98. The van der Waals surface area contributed by atoms with Crippen molar-refractivity contribution in [3.8, 4) is 0 Å². The van der Waals surface area contributed by atoms with Crippen molar-refractivity contribution in [2.45, 2.75) is 4.90 Å². The van der Waals surface area contributed by atoms with Crippen LogP contribution in [0.15, 0.2) is 40.2 Å². The van der Waals surface area contributed by atoms with Crippen LogP contribution in [0.5, 0.6) is 0 Å². The summed E-state index contributed by atoms with van der Waals surface area (Å²) in [5.74, 6) is 0.877. The number of rotatable bonds is 3. The van der Waals surface area contributed by atoms with E-state index in [4.69, 9.17) is 11.6 Å². The summed E-state index contributed by atoms with van der Waals surface area (Å²) in [5.41, 5.74) is 0. The second-order valence-corrected chi connectivity index (χ2v) is 4.44. The van der Waals surface area contributed by atoms with Crippen LogP contribution in [0.25, 0.3) is 0 Å². The van der Waals surface area contributed by atoms with Gasteiger partial charge in [-0.15, -0.1) is 18.3 Å². The topological polar surface area (TPSA) is 0 Å². The van der Waals surface area contributed by atoms with Crippen LogP contribution in [-0.4, -0.2) is 5.75 Å². The minimum absolute atomic E-state index is 0.788. The van der Waals surface area contributed by atoms with Crippen LogP contribution in [-0.2, 0) is 0 Å². The van der Waals surface area contributed by atoms with E-state index in [1.807, 2.05) is 24.3 Å². The predicted octanol–water partition coefficient (Wildman–Crippen LogP) is 4.38. The van der Waals surface area contributed by atoms with Gasteiger partial charge in [-0.3, -0.25) is 0 Å². The molecule has 0 heterocycles. The summed E-state index contributed by atoms with van der Waals surface area (Å²) in [6, 6.07) is 5.79. The minimum Gasteiger partial charge on any atom is -0.119 e. The van der Waals surface area contributed by atoms with Crippen molar-refractivity contribution in [2.75, 3.05) is 5.75 Å². The van der Waals surface area contributed by atoms with E-state index in [1.165, 1.54) is 0 Å². The lowest BCUT2D eigenvalue weighted by atomic mass is 10.4. The summed E-state index contributed by atoms with van der Waals surface area (Å²) in [6.07, 6.45) is 1.86. The molecule has 0 amide bonds. The zero-order valence-electron chi connectivity index (χ0n) is 6.39. The molecule has 0 bridgehead atoms. The first-order chi connectivity index (χ1) is 5.75. The fourth-order valence-electron chi connectivity index (χ4n) is 0.763. The van der Waals surface area contributed by atoms with Crippen LogP contribution in [0.4, 0.5) is 0 Å². The van der Waals surface area contributed by atoms with Crippen molar-refractivity contribution >= 4 is 39.3 Å². The number of hydrogen-bond acceptors (Lipinski definition) is 1. The highest BCUT2D eigenvalue weighted by Gasteiger charge is 2.03. The highest BCUT2D eigenvalue weighted by molar-refractivity contribution is 9.10. The molecule has 0 nitrogen and oxygen atoms in total. The molecule has 0 N–H and O–H groups in total. The molecule has 64 valence electrons. The fourth-order valence-corrected chi connectivity index (χ4v) is 2.62. The smallest absolute Gasteiger partial charge is 0.0553 e. The molecular weight excluding hydrogens is 256 g/mol. The van der Waals surface area contributed by atoms with Crippen molar-refractivity contribution in [1.82, 2.24) is 0 Å². The van der Waals surface area contributed by atoms with Gasteiger partial charge in [0.15, 0.2) is 0 Å². The van der Waals surface area contributed by atoms with Gasteiger partial charge in [0.1, 0.15) is 0 Å². The Bertz CT molecular complexity index is 266. The maximum Gasteiger partial charge on any atom is 0.0553 e. The van der Waals surface area contributed by atoms with Crippen molar-refractivity contribution in [1.29, 1.82) is 0 Å². The molecule has 1 aromatic rings. The molecular formula is C9H8BrClS. The van der Waals surface area contributed by atoms with Crippen LogP contribution in [0.2, 0.25) is 5.02 Å². The van der Waals surface area contributed by atoms with Gasteiger partial charge in [0.2, 0.25) is 0 Å². The lowest BCUT2D eigenvalue weighted by molar-refractivity contribution is 1.40. The fraction of sp³-hybridized carbons (Fsp3) is 0.111. The van der Waals surface area contributed by atoms with E-state index >= 15 is 0 Å². The Morgan fingerprint density at radius 1 is 1.58 bits per heavy atom. The normalized spacial score (nSPS) is 9.83. The SMILES string of the molecule is C=CCSc1c(Cl)cccc1Br. The summed E-state index contributed by atoms with van der Waals surface area (Å²) in [6.45, 7) is 3.66. The second kappa shape index (κ2) is 4.95. The van der Waals surface area contributed by atoms with Gasteiger partial charge < -0.3 is 0 Å². The van der Waals surface area contributed by atoms with Gasteiger partial charge in [0, 0.05) is 15.1 Å². The lowest BCUT2D eigenvalue weighted by Gasteiger charge is -2.03. The van der Waals surface area contributed by atoms with E-state index in [0.717, 1.165) is 20.1 Å². The van der Waals surface area contributed by atoms with Gasteiger partial charge in [-0.1, -0.05) is 23.7 Å². The van der Waals surface area contributed by atoms with Gasteiger partial charge in [-0.05, 0) is 28.1 Å². The summed E-state index contributed by atoms with van der Waals surface area (Å²) < 4.78 is 1.04. The van der Waals surface area contributed by atoms with Crippen molar-refractivity contribution < 1.29 is 0 Å². The van der Waals surface area contributed by atoms with Crippen LogP contribution < -0.4 is 0 Å². The van der Waals surface area contributed by atoms with Gasteiger partial charge in [0.05, 0.1) is 5.02 Å². The molecule has 0 aromatic heterocycles. The number of hydrogen-bond donors (Lipinski definition) is 0. The third-order valence-corrected chi connectivity index (χ3v) is 3.75. The van der Waals surface area contributed by atoms with Crippen LogP contribution in [0, 0.1) is 0 Å². The van der Waals surface area contributed by atoms with Crippen molar-refractivity contribution in [3.63, 3.8) is 0 Å². The first-order valence-electron chi connectivity index (χ1n) is 3.43. The van der Waals surface area contributed by atoms with E-state index in [0.29, 0.717) is 0 Å². The van der Waals surface area contributed by atoms with Crippen molar-refractivity contribution in [3.05, 3.63) is 40.3 Å². The van der Waals surface area contributed by atoms with E-state index in [1.54, 1.807) is 11.8 Å². The molecule has 0 fully saturated rings. The molecule has 0 unspecified atom stereocenters.